The van der Waals surface area contributed by atoms with Gasteiger partial charge in [-0.1, -0.05) is 0 Å². The van der Waals surface area contributed by atoms with Crippen LogP contribution in [0.25, 0.3) is 0 Å². The number of aromatic nitrogens is 1. The summed E-state index contributed by atoms with van der Waals surface area (Å²) < 4.78 is 16.4. The van der Waals surface area contributed by atoms with Gasteiger partial charge in [-0.15, -0.1) is 0 Å². The van der Waals surface area contributed by atoms with E-state index in [1.807, 2.05) is 6.92 Å². The fourth-order valence-corrected chi connectivity index (χ4v) is 2.50. The summed E-state index contributed by atoms with van der Waals surface area (Å²) in [5.74, 6) is 0. The molecule has 1 saturated heterocycles. The molecule has 1 fully saturated rings. The van der Waals surface area contributed by atoms with E-state index in [2.05, 4.69) is 39.0 Å². The number of nitrogens with zero attached hydrogens (tertiary/aromatic N) is 1. The fourth-order valence-electron chi connectivity index (χ4n) is 1.79. The molecular formula is C11H18BNO2S. The zero-order valence-electron chi connectivity index (χ0n) is 10.7. The molecule has 16 heavy (non-hydrogen) atoms. The summed E-state index contributed by atoms with van der Waals surface area (Å²) in [4.78, 5) is 1.18. The molecule has 2 rings (SSSR count). The maximum atomic E-state index is 6.01. The third kappa shape index (κ3) is 1.71. The Morgan fingerprint density at radius 3 is 1.94 bits per heavy atom. The molecule has 5 heteroatoms. The first kappa shape index (κ1) is 12.1. The van der Waals surface area contributed by atoms with Crippen LogP contribution in [0.15, 0.2) is 0 Å². The lowest BCUT2D eigenvalue weighted by atomic mass is 9.78. The van der Waals surface area contributed by atoms with E-state index < -0.39 is 0 Å². The molecule has 0 aliphatic carbocycles. The van der Waals surface area contributed by atoms with Gasteiger partial charge in [-0.3, -0.25) is 0 Å². The van der Waals surface area contributed by atoms with Gasteiger partial charge in [0.15, 0.2) is 0 Å². The van der Waals surface area contributed by atoms with Crippen molar-refractivity contribution in [3.05, 3.63) is 10.6 Å². The van der Waals surface area contributed by atoms with Crippen molar-refractivity contribution in [2.24, 2.45) is 0 Å². The molecule has 1 aliphatic heterocycles. The SMILES string of the molecule is Cc1nsc(C)c1B1OC(C)(C)C(C)(C)O1. The van der Waals surface area contributed by atoms with Crippen molar-refractivity contribution < 1.29 is 9.31 Å². The van der Waals surface area contributed by atoms with Crippen molar-refractivity contribution in [1.29, 1.82) is 0 Å². The molecule has 0 amide bonds. The highest BCUT2D eigenvalue weighted by molar-refractivity contribution is 7.07. The maximum absolute atomic E-state index is 6.01. The Bertz CT molecular complexity index is 379. The third-order valence-corrected chi connectivity index (χ3v) is 4.44. The quantitative estimate of drug-likeness (QED) is 0.703. The first-order valence-corrected chi connectivity index (χ1v) is 6.30. The lowest BCUT2D eigenvalue weighted by molar-refractivity contribution is 0.00578. The van der Waals surface area contributed by atoms with E-state index >= 15 is 0 Å². The highest BCUT2D eigenvalue weighted by atomic mass is 32.1. The third-order valence-electron chi connectivity index (χ3n) is 3.58. The van der Waals surface area contributed by atoms with Gasteiger partial charge in [-0.05, 0) is 53.1 Å². The first-order chi connectivity index (χ1) is 7.24. The predicted molar refractivity (Wildman–Crippen MR) is 67.3 cm³/mol. The van der Waals surface area contributed by atoms with Gasteiger partial charge in [0.25, 0.3) is 0 Å². The molecule has 1 aromatic heterocycles. The number of rotatable bonds is 1. The minimum absolute atomic E-state index is 0.274. The Hall–Kier alpha value is -0.385. The Morgan fingerprint density at radius 1 is 1.06 bits per heavy atom. The van der Waals surface area contributed by atoms with Crippen molar-refractivity contribution in [3.63, 3.8) is 0 Å². The van der Waals surface area contributed by atoms with Crippen LogP contribution in [0.1, 0.15) is 38.3 Å². The molecule has 0 atom stereocenters. The van der Waals surface area contributed by atoms with E-state index in [0.29, 0.717) is 0 Å². The van der Waals surface area contributed by atoms with Gasteiger partial charge in [0.1, 0.15) is 0 Å². The average Bonchev–Trinajstić information content (AvgIpc) is 2.52. The monoisotopic (exact) mass is 239 g/mol. The van der Waals surface area contributed by atoms with E-state index in [9.17, 15) is 0 Å². The fraction of sp³-hybridized carbons (Fsp3) is 0.727. The van der Waals surface area contributed by atoms with E-state index in [-0.39, 0.29) is 18.3 Å². The van der Waals surface area contributed by atoms with Crippen molar-refractivity contribution >= 4 is 24.1 Å². The standard InChI is InChI=1S/C11H18BNO2S/c1-7-9(8(2)16-13-7)12-14-10(3,4)11(5,6)15-12/h1-6H3. The lowest BCUT2D eigenvalue weighted by Crippen LogP contribution is -2.41. The number of hydrogen-bond donors (Lipinski definition) is 0. The summed E-state index contributed by atoms with van der Waals surface area (Å²) in [5, 5.41) is 0. The lowest BCUT2D eigenvalue weighted by Gasteiger charge is -2.32. The van der Waals surface area contributed by atoms with Crippen LogP contribution in [0.2, 0.25) is 0 Å². The molecule has 1 aliphatic rings. The second kappa shape index (κ2) is 3.55. The van der Waals surface area contributed by atoms with Crippen LogP contribution >= 0.6 is 11.5 Å². The molecule has 0 N–H and O–H groups in total. The van der Waals surface area contributed by atoms with Crippen molar-refractivity contribution in [2.75, 3.05) is 0 Å². The van der Waals surface area contributed by atoms with E-state index in [1.165, 1.54) is 16.4 Å². The first-order valence-electron chi connectivity index (χ1n) is 5.53. The predicted octanol–water partition coefficient (Wildman–Crippen LogP) is 2.06. The van der Waals surface area contributed by atoms with Crippen LogP contribution in [0.5, 0.6) is 0 Å². The molecule has 0 aromatic carbocycles. The number of aryl methyl sites for hydroxylation is 2. The van der Waals surface area contributed by atoms with Crippen molar-refractivity contribution in [2.45, 2.75) is 52.7 Å². The second-order valence-electron chi connectivity index (χ2n) is 5.33. The van der Waals surface area contributed by atoms with E-state index in [4.69, 9.17) is 9.31 Å². The Kier molecular flexibility index (Phi) is 2.68. The summed E-state index contributed by atoms with van der Waals surface area (Å²) in [6.45, 7) is 12.3. The van der Waals surface area contributed by atoms with Gasteiger partial charge >= 0.3 is 7.12 Å². The van der Waals surface area contributed by atoms with Gasteiger partial charge in [-0.25, -0.2) is 0 Å². The minimum Gasteiger partial charge on any atom is -0.399 e. The molecule has 1 aromatic rings. The molecule has 88 valence electrons. The summed E-state index contributed by atoms with van der Waals surface area (Å²) in [7, 11) is -0.274. The zero-order valence-corrected chi connectivity index (χ0v) is 11.6. The molecule has 0 radical (unpaired) electrons. The maximum Gasteiger partial charge on any atom is 0.497 e. The Balaban J connectivity index is 2.34. The van der Waals surface area contributed by atoms with Crippen LogP contribution in [0, 0.1) is 13.8 Å². The molecule has 0 saturated carbocycles. The van der Waals surface area contributed by atoms with Gasteiger partial charge in [0, 0.05) is 10.3 Å². The molecular weight excluding hydrogens is 221 g/mol. The van der Waals surface area contributed by atoms with Crippen LogP contribution in [0.3, 0.4) is 0 Å². The van der Waals surface area contributed by atoms with Crippen LogP contribution in [-0.2, 0) is 9.31 Å². The smallest absolute Gasteiger partial charge is 0.399 e. The summed E-state index contributed by atoms with van der Waals surface area (Å²) in [5.41, 5.74) is 1.56. The normalized spacial score (nSPS) is 22.8. The molecule has 0 unspecified atom stereocenters. The van der Waals surface area contributed by atoms with Crippen molar-refractivity contribution in [3.8, 4) is 0 Å². The van der Waals surface area contributed by atoms with Gasteiger partial charge in [0.05, 0.1) is 16.9 Å². The molecule has 3 nitrogen and oxygen atoms in total. The van der Waals surface area contributed by atoms with Crippen molar-refractivity contribution in [1.82, 2.24) is 4.37 Å². The molecule has 2 heterocycles. The molecule has 0 spiro atoms. The van der Waals surface area contributed by atoms with Gasteiger partial charge in [-0.2, -0.15) is 4.37 Å². The van der Waals surface area contributed by atoms with E-state index in [1.54, 1.807) is 0 Å². The minimum atomic E-state index is -0.279. The van der Waals surface area contributed by atoms with Crippen LogP contribution in [-0.4, -0.2) is 22.7 Å². The largest absolute Gasteiger partial charge is 0.497 e. The highest BCUT2D eigenvalue weighted by Crippen LogP contribution is 2.37. The zero-order chi connectivity index (χ0) is 12.1. The van der Waals surface area contributed by atoms with Crippen LogP contribution < -0.4 is 5.46 Å². The highest BCUT2D eigenvalue weighted by Gasteiger charge is 2.52. The number of hydrogen-bond acceptors (Lipinski definition) is 4. The van der Waals surface area contributed by atoms with Crippen LogP contribution in [0.4, 0.5) is 0 Å². The topological polar surface area (TPSA) is 31.4 Å². The summed E-state index contributed by atoms with van der Waals surface area (Å²) >= 11 is 1.51. The second-order valence-corrected chi connectivity index (χ2v) is 6.30. The van der Waals surface area contributed by atoms with Gasteiger partial charge < -0.3 is 9.31 Å². The average molecular weight is 239 g/mol. The Labute approximate surface area is 101 Å². The van der Waals surface area contributed by atoms with Gasteiger partial charge in [0.2, 0.25) is 0 Å². The van der Waals surface area contributed by atoms with E-state index in [0.717, 1.165) is 11.2 Å². The summed E-state index contributed by atoms with van der Waals surface area (Å²) in [6, 6.07) is 0. The molecule has 0 bridgehead atoms. The summed E-state index contributed by atoms with van der Waals surface area (Å²) in [6.07, 6.45) is 0. The Morgan fingerprint density at radius 2 is 1.56 bits per heavy atom.